The van der Waals surface area contributed by atoms with Gasteiger partial charge in [-0.3, -0.25) is 0 Å². The van der Waals surface area contributed by atoms with Crippen LogP contribution < -0.4 is 11.1 Å². The van der Waals surface area contributed by atoms with E-state index in [-0.39, 0.29) is 0 Å². The first-order chi connectivity index (χ1) is 5.34. The molecule has 0 bridgehead atoms. The maximum absolute atomic E-state index is 5.41. The molecule has 0 fully saturated rings. The predicted octanol–water partition coefficient (Wildman–Crippen LogP) is 0.889. The average molecular weight is 154 g/mol. The molecule has 3 N–H and O–H groups in total. The van der Waals surface area contributed by atoms with Crippen molar-refractivity contribution in [2.24, 2.45) is 11.7 Å². The molecule has 1 aliphatic rings. The monoisotopic (exact) mass is 154 g/mol. The first-order valence-electron chi connectivity index (χ1n) is 4.44. The highest BCUT2D eigenvalue weighted by molar-refractivity contribution is 4.98. The van der Waals surface area contributed by atoms with Crippen LogP contribution in [-0.2, 0) is 0 Å². The van der Waals surface area contributed by atoms with Crippen LogP contribution in [0.25, 0.3) is 0 Å². The van der Waals surface area contributed by atoms with Gasteiger partial charge in [0.15, 0.2) is 0 Å². The third-order valence-corrected chi connectivity index (χ3v) is 2.27. The summed E-state index contributed by atoms with van der Waals surface area (Å²) in [4.78, 5) is 0. The lowest BCUT2D eigenvalue weighted by atomic mass is 9.92. The molecule has 1 aliphatic carbocycles. The van der Waals surface area contributed by atoms with Gasteiger partial charge in [0.2, 0.25) is 0 Å². The predicted molar refractivity (Wildman–Crippen MR) is 48.4 cm³/mol. The third-order valence-electron chi connectivity index (χ3n) is 2.27. The molecule has 0 saturated heterocycles. The average Bonchev–Trinajstić information content (AvgIpc) is 2.03. The van der Waals surface area contributed by atoms with E-state index in [0.29, 0.717) is 12.0 Å². The van der Waals surface area contributed by atoms with E-state index in [1.807, 2.05) is 0 Å². The number of nitrogens with one attached hydrogen (secondary N) is 1. The minimum atomic E-state index is 0.656. The van der Waals surface area contributed by atoms with Crippen LogP contribution in [0.1, 0.15) is 19.8 Å². The zero-order valence-electron chi connectivity index (χ0n) is 7.22. The second-order valence-corrected chi connectivity index (χ2v) is 3.21. The van der Waals surface area contributed by atoms with E-state index in [9.17, 15) is 0 Å². The number of allylic oxidation sites excluding steroid dienone is 1. The van der Waals surface area contributed by atoms with Crippen molar-refractivity contribution < 1.29 is 0 Å². The molecule has 0 aromatic heterocycles. The first kappa shape index (κ1) is 8.75. The Labute approximate surface area is 68.9 Å². The van der Waals surface area contributed by atoms with Crippen molar-refractivity contribution >= 4 is 0 Å². The Balaban J connectivity index is 2.27. The molecule has 0 aliphatic heterocycles. The molecule has 2 unspecified atom stereocenters. The molecular weight excluding hydrogens is 136 g/mol. The Morgan fingerprint density at radius 2 is 2.45 bits per heavy atom. The van der Waals surface area contributed by atoms with Crippen LogP contribution in [0, 0.1) is 5.92 Å². The van der Waals surface area contributed by atoms with Gasteiger partial charge in [-0.1, -0.05) is 19.1 Å². The second kappa shape index (κ2) is 4.52. The smallest absolute Gasteiger partial charge is 0.0131 e. The van der Waals surface area contributed by atoms with Gasteiger partial charge in [0.25, 0.3) is 0 Å². The highest BCUT2D eigenvalue weighted by atomic mass is 14.9. The molecule has 0 amide bonds. The zero-order chi connectivity index (χ0) is 8.10. The lowest BCUT2D eigenvalue weighted by Crippen LogP contribution is -2.38. The van der Waals surface area contributed by atoms with Crippen molar-refractivity contribution in [2.45, 2.75) is 25.8 Å². The van der Waals surface area contributed by atoms with Crippen molar-refractivity contribution in [3.8, 4) is 0 Å². The largest absolute Gasteiger partial charge is 0.329 e. The fraction of sp³-hybridized carbons (Fsp3) is 0.778. The van der Waals surface area contributed by atoms with Crippen LogP contribution in [0.5, 0.6) is 0 Å². The van der Waals surface area contributed by atoms with Crippen molar-refractivity contribution in [1.29, 1.82) is 0 Å². The molecule has 11 heavy (non-hydrogen) atoms. The van der Waals surface area contributed by atoms with Gasteiger partial charge in [0.1, 0.15) is 0 Å². The normalized spacial score (nSPS) is 30.7. The summed E-state index contributed by atoms with van der Waals surface area (Å²) in [6, 6.07) is 0.656. The molecular formula is C9H18N2. The van der Waals surface area contributed by atoms with Gasteiger partial charge in [-0.15, -0.1) is 0 Å². The Morgan fingerprint density at radius 3 is 3.09 bits per heavy atom. The van der Waals surface area contributed by atoms with Crippen LogP contribution in [0.15, 0.2) is 12.2 Å². The fourth-order valence-corrected chi connectivity index (χ4v) is 1.54. The highest BCUT2D eigenvalue weighted by Crippen LogP contribution is 2.16. The molecule has 0 radical (unpaired) electrons. The van der Waals surface area contributed by atoms with Gasteiger partial charge in [0, 0.05) is 19.1 Å². The van der Waals surface area contributed by atoms with E-state index >= 15 is 0 Å². The van der Waals surface area contributed by atoms with Crippen LogP contribution in [0.3, 0.4) is 0 Å². The van der Waals surface area contributed by atoms with Crippen molar-refractivity contribution in [3.63, 3.8) is 0 Å². The number of hydrogen-bond donors (Lipinski definition) is 2. The van der Waals surface area contributed by atoms with Crippen LogP contribution in [-0.4, -0.2) is 19.1 Å². The summed E-state index contributed by atoms with van der Waals surface area (Å²) >= 11 is 0. The Bertz CT molecular complexity index is 132. The van der Waals surface area contributed by atoms with E-state index in [4.69, 9.17) is 5.73 Å². The van der Waals surface area contributed by atoms with Crippen LogP contribution >= 0.6 is 0 Å². The van der Waals surface area contributed by atoms with E-state index in [1.165, 1.54) is 12.8 Å². The molecule has 0 aromatic rings. The van der Waals surface area contributed by atoms with Crippen LogP contribution in [0.4, 0.5) is 0 Å². The maximum atomic E-state index is 5.41. The Morgan fingerprint density at radius 1 is 1.64 bits per heavy atom. The summed E-state index contributed by atoms with van der Waals surface area (Å²) in [6.45, 7) is 3.94. The highest BCUT2D eigenvalue weighted by Gasteiger charge is 2.15. The number of hydrogen-bond acceptors (Lipinski definition) is 2. The molecule has 2 nitrogen and oxygen atoms in total. The van der Waals surface area contributed by atoms with E-state index in [0.717, 1.165) is 13.1 Å². The standard InChI is InChI=1S/C9H18N2/c1-8-4-2-3-5-9(8)11-7-6-10/h2,4,8-9,11H,3,5-7,10H2,1H3. The van der Waals surface area contributed by atoms with Crippen LogP contribution in [0.2, 0.25) is 0 Å². The quantitative estimate of drug-likeness (QED) is 0.592. The minimum Gasteiger partial charge on any atom is -0.329 e. The minimum absolute atomic E-state index is 0.656. The third kappa shape index (κ3) is 2.64. The molecule has 1 rings (SSSR count). The van der Waals surface area contributed by atoms with E-state index in [1.54, 1.807) is 0 Å². The van der Waals surface area contributed by atoms with Gasteiger partial charge >= 0.3 is 0 Å². The molecule has 2 heteroatoms. The summed E-state index contributed by atoms with van der Waals surface area (Å²) in [5.41, 5.74) is 5.41. The van der Waals surface area contributed by atoms with Gasteiger partial charge in [-0.2, -0.15) is 0 Å². The Kier molecular flexibility index (Phi) is 3.60. The molecule has 0 heterocycles. The molecule has 2 atom stereocenters. The molecule has 0 spiro atoms. The number of nitrogens with two attached hydrogens (primary N) is 1. The Hall–Kier alpha value is -0.340. The van der Waals surface area contributed by atoms with Crippen molar-refractivity contribution in [2.75, 3.05) is 13.1 Å². The van der Waals surface area contributed by atoms with Gasteiger partial charge in [-0.25, -0.2) is 0 Å². The summed E-state index contributed by atoms with van der Waals surface area (Å²) in [5, 5.41) is 3.44. The van der Waals surface area contributed by atoms with Gasteiger partial charge in [-0.05, 0) is 18.8 Å². The molecule has 64 valence electrons. The zero-order valence-corrected chi connectivity index (χ0v) is 7.22. The topological polar surface area (TPSA) is 38.0 Å². The summed E-state index contributed by atoms with van der Waals surface area (Å²) < 4.78 is 0. The van der Waals surface area contributed by atoms with Gasteiger partial charge in [0.05, 0.1) is 0 Å². The fourth-order valence-electron chi connectivity index (χ4n) is 1.54. The summed E-state index contributed by atoms with van der Waals surface area (Å²) in [6.07, 6.45) is 7.03. The van der Waals surface area contributed by atoms with Crippen molar-refractivity contribution in [1.82, 2.24) is 5.32 Å². The lowest BCUT2D eigenvalue weighted by molar-refractivity contribution is 0.398. The van der Waals surface area contributed by atoms with Crippen molar-refractivity contribution in [3.05, 3.63) is 12.2 Å². The summed E-state index contributed by atoms with van der Waals surface area (Å²) in [5.74, 6) is 0.676. The molecule has 0 aromatic carbocycles. The SMILES string of the molecule is CC1C=CCCC1NCCN. The second-order valence-electron chi connectivity index (χ2n) is 3.21. The maximum Gasteiger partial charge on any atom is 0.0131 e. The molecule has 0 saturated carbocycles. The van der Waals surface area contributed by atoms with E-state index in [2.05, 4.69) is 24.4 Å². The lowest BCUT2D eigenvalue weighted by Gasteiger charge is -2.25. The first-order valence-corrected chi connectivity index (χ1v) is 4.44. The van der Waals surface area contributed by atoms with E-state index < -0.39 is 0 Å². The number of rotatable bonds is 3. The van der Waals surface area contributed by atoms with Gasteiger partial charge < -0.3 is 11.1 Å². The summed E-state index contributed by atoms with van der Waals surface area (Å²) in [7, 11) is 0.